The van der Waals surface area contributed by atoms with Crippen LogP contribution in [0.25, 0.3) is 10.9 Å². The van der Waals surface area contributed by atoms with E-state index in [0.717, 1.165) is 18.4 Å². The molecule has 2 aliphatic rings. The minimum absolute atomic E-state index is 0.182. The van der Waals surface area contributed by atoms with Crippen molar-refractivity contribution in [2.24, 2.45) is 0 Å². The van der Waals surface area contributed by atoms with Gasteiger partial charge < -0.3 is 16.1 Å². The number of terminal acetylenes is 1. The molecule has 0 bridgehead atoms. The van der Waals surface area contributed by atoms with Crippen LogP contribution in [-0.4, -0.2) is 21.0 Å². The average molecular weight is 580 g/mol. The van der Waals surface area contributed by atoms with Gasteiger partial charge in [-0.2, -0.15) is 9.65 Å². The third kappa shape index (κ3) is 5.80. The Bertz CT molecular complexity index is 1770. The molecule has 4 aromatic rings. The molecule has 6 rings (SSSR count). The Labute approximate surface area is 250 Å². The van der Waals surface area contributed by atoms with Gasteiger partial charge in [0.1, 0.15) is 6.07 Å². The maximum absolute atomic E-state index is 13.8. The molecule has 1 fully saturated rings. The minimum Gasteiger partial charge on any atom is -0.377 e. The van der Waals surface area contributed by atoms with E-state index in [1.807, 2.05) is 47.6 Å². The number of nitrogens with one attached hydrogen (secondary N) is 4. The molecule has 2 aromatic heterocycles. The summed E-state index contributed by atoms with van der Waals surface area (Å²) in [5.74, 6) is 2.06. The molecule has 1 aliphatic heterocycles. The number of nitrogens with zero attached hydrogens (tertiary/aromatic N) is 4. The summed E-state index contributed by atoms with van der Waals surface area (Å²) in [4.78, 5) is 8.28. The number of hydrazine groups is 2. The number of benzene rings is 2. The number of fused-ring (bicyclic) bond motifs is 1. The monoisotopic (exact) mass is 579 g/mol. The van der Waals surface area contributed by atoms with Crippen LogP contribution in [0, 0.1) is 29.6 Å². The van der Waals surface area contributed by atoms with Gasteiger partial charge in [0.15, 0.2) is 0 Å². The van der Waals surface area contributed by atoms with Crippen LogP contribution < -0.4 is 21.6 Å². The third-order valence-electron chi connectivity index (χ3n) is 7.23. The van der Waals surface area contributed by atoms with Crippen molar-refractivity contribution in [1.82, 2.24) is 25.9 Å². The summed E-state index contributed by atoms with van der Waals surface area (Å²) in [5.41, 5.74) is 10.00. The molecule has 42 heavy (non-hydrogen) atoms. The lowest BCUT2D eigenvalue weighted by Gasteiger charge is -2.24. The highest BCUT2D eigenvalue weighted by Gasteiger charge is 2.32. The minimum atomic E-state index is -1.61. The summed E-state index contributed by atoms with van der Waals surface area (Å²) in [5, 5.41) is 19.7. The second-order valence-corrected chi connectivity index (χ2v) is 10.6. The van der Waals surface area contributed by atoms with Crippen LogP contribution in [0.1, 0.15) is 55.8 Å². The van der Waals surface area contributed by atoms with Crippen molar-refractivity contribution in [2.45, 2.75) is 43.8 Å². The van der Waals surface area contributed by atoms with E-state index in [1.165, 1.54) is 24.5 Å². The number of hydrogen-bond acceptors (Lipinski definition) is 8. The second kappa shape index (κ2) is 12.0. The third-order valence-corrected chi connectivity index (χ3v) is 7.51. The van der Waals surface area contributed by atoms with Gasteiger partial charge in [-0.05, 0) is 48.6 Å². The number of pyridine rings is 2. The molecule has 10 heteroatoms. The maximum atomic E-state index is 13.8. The molecule has 0 saturated heterocycles. The number of halogens is 2. The first-order chi connectivity index (χ1) is 20.9. The quantitative estimate of drug-likeness (QED) is 0.127. The molecular weight excluding hydrogens is 551 g/mol. The summed E-state index contributed by atoms with van der Waals surface area (Å²) in [6.07, 6.45) is 13.5. The number of aromatic nitrogens is 2. The standard InChI is InChI=1S/C32H28ClFN8/c1-2-3-9-27(20-7-5-4-6-8-20)39-30-22(16-35)18-37-32-25(30)14-23(15-26(32)33)38-31(21-10-13-29(34)36-17-21)28-19-42(41-40-28)24-11-12-24/h1,4-8,10,13-15,17-19,24,27,31,38,40-41H,3,9,11-12H2,(H,37,39)/t27-,31-/m1/s1/i31D. The molecule has 2 atom stereocenters. The van der Waals surface area contributed by atoms with Crippen LogP contribution in [-0.2, 0) is 0 Å². The van der Waals surface area contributed by atoms with Gasteiger partial charge in [0.2, 0.25) is 5.95 Å². The summed E-state index contributed by atoms with van der Waals surface area (Å²) in [6, 6.07) is 16.9. The predicted molar refractivity (Wildman–Crippen MR) is 162 cm³/mol. The fraction of sp³-hybridized carbons (Fsp3) is 0.219. The van der Waals surface area contributed by atoms with E-state index in [9.17, 15) is 11.0 Å². The lowest BCUT2D eigenvalue weighted by Crippen LogP contribution is -2.38. The van der Waals surface area contributed by atoms with Gasteiger partial charge in [0.05, 0.1) is 40.9 Å². The molecule has 8 nitrogen and oxygen atoms in total. The first kappa shape index (κ1) is 26.1. The van der Waals surface area contributed by atoms with Crippen LogP contribution in [0.2, 0.25) is 5.02 Å². The Hall–Kier alpha value is -4.83. The highest BCUT2D eigenvalue weighted by atomic mass is 35.5. The Kier molecular flexibility index (Phi) is 7.43. The van der Waals surface area contributed by atoms with Gasteiger partial charge in [-0.25, -0.2) is 4.98 Å². The molecule has 0 radical (unpaired) electrons. The van der Waals surface area contributed by atoms with Gasteiger partial charge >= 0.3 is 0 Å². The Balaban J connectivity index is 1.44. The van der Waals surface area contributed by atoms with Gasteiger partial charge in [-0.15, -0.1) is 17.9 Å². The van der Waals surface area contributed by atoms with Crippen molar-refractivity contribution in [3.8, 4) is 18.4 Å². The zero-order valence-corrected chi connectivity index (χ0v) is 23.3. The van der Waals surface area contributed by atoms with Gasteiger partial charge in [0, 0.05) is 42.1 Å². The highest BCUT2D eigenvalue weighted by Crippen LogP contribution is 2.38. The van der Waals surface area contributed by atoms with E-state index >= 15 is 0 Å². The van der Waals surface area contributed by atoms with E-state index in [4.69, 9.17) is 18.0 Å². The fourth-order valence-electron chi connectivity index (χ4n) is 4.95. The fourth-order valence-corrected chi connectivity index (χ4v) is 5.22. The summed E-state index contributed by atoms with van der Waals surface area (Å²) in [7, 11) is 0. The first-order valence-corrected chi connectivity index (χ1v) is 14.0. The SMILES string of the molecule is [2H][C@](Nc1cc(Cl)c2ncc(C#N)c(N[C@H](CCC#C)c3ccccc3)c2c1)(C1=CN(C2CC2)NN1)c1ccc(F)nc1. The van der Waals surface area contributed by atoms with Crippen LogP contribution in [0.5, 0.6) is 0 Å². The van der Waals surface area contributed by atoms with Crippen molar-refractivity contribution in [2.75, 3.05) is 10.6 Å². The van der Waals surface area contributed by atoms with Gasteiger partial charge in [0.25, 0.3) is 0 Å². The lowest BCUT2D eigenvalue weighted by atomic mass is 10.00. The zero-order valence-electron chi connectivity index (χ0n) is 23.5. The average Bonchev–Trinajstić information content (AvgIpc) is 3.75. The van der Waals surface area contributed by atoms with Crippen molar-refractivity contribution in [3.05, 3.63) is 107 Å². The van der Waals surface area contributed by atoms with Gasteiger partial charge in [-0.3, -0.25) is 9.99 Å². The normalized spacial score (nSPS) is 16.8. The molecule has 1 aliphatic carbocycles. The number of nitriles is 1. The van der Waals surface area contributed by atoms with E-state index in [2.05, 4.69) is 43.6 Å². The Morgan fingerprint density at radius 2 is 1.98 bits per heavy atom. The molecule has 0 spiro atoms. The molecule has 4 N–H and O–H groups in total. The van der Waals surface area contributed by atoms with Crippen LogP contribution >= 0.6 is 11.6 Å². The highest BCUT2D eigenvalue weighted by molar-refractivity contribution is 6.35. The van der Waals surface area contributed by atoms with Crippen molar-refractivity contribution < 1.29 is 5.76 Å². The topological polar surface area (TPSA) is 101 Å². The molecule has 1 saturated carbocycles. The van der Waals surface area contributed by atoms with Crippen LogP contribution in [0.3, 0.4) is 0 Å². The molecule has 0 unspecified atom stereocenters. The zero-order chi connectivity index (χ0) is 30.0. The lowest BCUT2D eigenvalue weighted by molar-refractivity contribution is 0.260. The summed E-state index contributed by atoms with van der Waals surface area (Å²) >= 11 is 6.78. The van der Waals surface area contributed by atoms with E-state index in [1.54, 1.807) is 6.07 Å². The van der Waals surface area contributed by atoms with Crippen molar-refractivity contribution in [1.29, 1.82) is 5.26 Å². The van der Waals surface area contributed by atoms with E-state index in [-0.39, 0.29) is 6.04 Å². The second-order valence-electron chi connectivity index (χ2n) is 10.2. The molecule has 210 valence electrons. The summed E-state index contributed by atoms with van der Waals surface area (Å²) < 4.78 is 23.4. The summed E-state index contributed by atoms with van der Waals surface area (Å²) in [6.45, 7) is 0. The number of rotatable bonds is 10. The van der Waals surface area contributed by atoms with Crippen LogP contribution in [0.15, 0.2) is 78.9 Å². The Morgan fingerprint density at radius 1 is 1.14 bits per heavy atom. The molecule has 0 amide bonds. The molecule has 2 aromatic carbocycles. The first-order valence-electron chi connectivity index (χ1n) is 14.1. The number of anilines is 2. The predicted octanol–water partition coefficient (Wildman–Crippen LogP) is 6.34. The number of hydrogen-bond donors (Lipinski definition) is 4. The maximum Gasteiger partial charge on any atom is 0.212 e. The van der Waals surface area contributed by atoms with E-state index in [0.29, 0.717) is 63.0 Å². The van der Waals surface area contributed by atoms with E-state index < -0.39 is 12.0 Å². The molecule has 3 heterocycles. The Morgan fingerprint density at radius 3 is 2.69 bits per heavy atom. The van der Waals surface area contributed by atoms with Gasteiger partial charge in [-0.1, -0.05) is 48.0 Å². The van der Waals surface area contributed by atoms with Crippen molar-refractivity contribution >= 4 is 33.9 Å². The van der Waals surface area contributed by atoms with Crippen molar-refractivity contribution in [3.63, 3.8) is 0 Å². The molecular formula is C32H28ClFN8. The smallest absolute Gasteiger partial charge is 0.212 e. The largest absolute Gasteiger partial charge is 0.377 e. The van der Waals surface area contributed by atoms with Crippen LogP contribution in [0.4, 0.5) is 15.8 Å².